The van der Waals surface area contributed by atoms with Crippen molar-refractivity contribution in [3.63, 3.8) is 0 Å². The number of aryl methyl sites for hydroxylation is 1. The van der Waals surface area contributed by atoms with Crippen molar-refractivity contribution in [3.05, 3.63) is 59.2 Å². The van der Waals surface area contributed by atoms with E-state index < -0.39 is 0 Å². The molecule has 2 aromatic rings. The quantitative estimate of drug-likeness (QED) is 0.842. The van der Waals surface area contributed by atoms with Gasteiger partial charge in [0.05, 0.1) is 7.11 Å². The molecule has 0 aliphatic carbocycles. The molecule has 1 aliphatic heterocycles. The zero-order chi connectivity index (χ0) is 15.0. The van der Waals surface area contributed by atoms with Gasteiger partial charge in [0.15, 0.2) is 0 Å². The Kier molecular flexibility index (Phi) is 3.42. The van der Waals surface area contributed by atoms with E-state index in [-0.39, 0.29) is 11.9 Å². The fourth-order valence-electron chi connectivity index (χ4n) is 3.03. The van der Waals surface area contributed by atoms with Crippen LogP contribution in [-0.4, -0.2) is 19.1 Å². The molecule has 1 heterocycles. The SMILES string of the molecule is COc1ccc(C(=O)N2c3ccccc3C[C@H]2C)cc1C. The highest BCUT2D eigenvalue weighted by atomic mass is 16.5. The van der Waals surface area contributed by atoms with Crippen LogP contribution >= 0.6 is 0 Å². The number of carbonyl (C=O) groups excluding carboxylic acids is 1. The molecule has 0 radical (unpaired) electrons. The summed E-state index contributed by atoms with van der Waals surface area (Å²) in [7, 11) is 1.64. The van der Waals surface area contributed by atoms with Crippen molar-refractivity contribution in [1.82, 2.24) is 0 Å². The zero-order valence-corrected chi connectivity index (χ0v) is 12.6. The van der Waals surface area contributed by atoms with Crippen LogP contribution in [0.2, 0.25) is 0 Å². The number of rotatable bonds is 2. The summed E-state index contributed by atoms with van der Waals surface area (Å²) in [6, 6.07) is 13.9. The predicted molar refractivity (Wildman–Crippen MR) is 84.1 cm³/mol. The lowest BCUT2D eigenvalue weighted by atomic mass is 10.1. The maximum Gasteiger partial charge on any atom is 0.258 e. The van der Waals surface area contributed by atoms with Gasteiger partial charge in [-0.1, -0.05) is 18.2 Å². The molecule has 1 aliphatic rings. The van der Waals surface area contributed by atoms with E-state index in [1.165, 1.54) is 5.56 Å². The summed E-state index contributed by atoms with van der Waals surface area (Å²) in [6.07, 6.45) is 0.914. The van der Waals surface area contributed by atoms with Crippen LogP contribution in [0.5, 0.6) is 5.75 Å². The number of anilines is 1. The summed E-state index contributed by atoms with van der Waals surface area (Å²) in [5.41, 5.74) is 3.95. The number of methoxy groups -OCH3 is 1. The molecule has 2 aromatic carbocycles. The van der Waals surface area contributed by atoms with E-state index in [0.29, 0.717) is 5.56 Å². The molecule has 0 aromatic heterocycles. The van der Waals surface area contributed by atoms with Crippen LogP contribution in [0.25, 0.3) is 0 Å². The van der Waals surface area contributed by atoms with Gasteiger partial charge in [-0.25, -0.2) is 0 Å². The van der Waals surface area contributed by atoms with Crippen LogP contribution in [0.3, 0.4) is 0 Å². The fraction of sp³-hybridized carbons (Fsp3) is 0.278. The molecule has 21 heavy (non-hydrogen) atoms. The number of benzene rings is 2. The van der Waals surface area contributed by atoms with Crippen LogP contribution < -0.4 is 9.64 Å². The second-order valence-electron chi connectivity index (χ2n) is 5.54. The maximum atomic E-state index is 12.9. The first-order valence-corrected chi connectivity index (χ1v) is 7.18. The summed E-state index contributed by atoms with van der Waals surface area (Å²) in [5, 5.41) is 0. The first-order valence-electron chi connectivity index (χ1n) is 7.18. The van der Waals surface area contributed by atoms with Crippen molar-refractivity contribution < 1.29 is 9.53 Å². The van der Waals surface area contributed by atoms with Gasteiger partial charge in [-0.3, -0.25) is 4.79 Å². The molecule has 0 bridgehead atoms. The Hall–Kier alpha value is -2.29. The lowest BCUT2D eigenvalue weighted by Gasteiger charge is -2.23. The Morgan fingerprint density at radius 2 is 2.00 bits per heavy atom. The summed E-state index contributed by atoms with van der Waals surface area (Å²) < 4.78 is 5.26. The molecule has 1 atom stereocenters. The van der Waals surface area contributed by atoms with Gasteiger partial charge >= 0.3 is 0 Å². The third-order valence-corrected chi connectivity index (χ3v) is 4.07. The van der Waals surface area contributed by atoms with Crippen molar-refractivity contribution in [2.24, 2.45) is 0 Å². The number of ether oxygens (including phenoxy) is 1. The van der Waals surface area contributed by atoms with Crippen molar-refractivity contribution in [3.8, 4) is 5.75 Å². The Balaban J connectivity index is 1.97. The van der Waals surface area contributed by atoms with Gasteiger partial charge in [0.2, 0.25) is 0 Å². The van der Waals surface area contributed by atoms with E-state index in [4.69, 9.17) is 4.74 Å². The highest BCUT2D eigenvalue weighted by molar-refractivity contribution is 6.08. The van der Waals surface area contributed by atoms with Crippen molar-refractivity contribution >= 4 is 11.6 Å². The average molecular weight is 281 g/mol. The minimum absolute atomic E-state index is 0.0539. The molecule has 0 spiro atoms. The Morgan fingerprint density at radius 3 is 2.71 bits per heavy atom. The third-order valence-electron chi connectivity index (χ3n) is 4.07. The molecule has 0 fully saturated rings. The molecule has 0 saturated heterocycles. The molecule has 0 saturated carbocycles. The Morgan fingerprint density at radius 1 is 1.24 bits per heavy atom. The second kappa shape index (κ2) is 5.24. The van der Waals surface area contributed by atoms with Gasteiger partial charge < -0.3 is 9.64 Å². The molecule has 0 unspecified atom stereocenters. The normalized spacial score (nSPS) is 16.7. The summed E-state index contributed by atoms with van der Waals surface area (Å²) in [4.78, 5) is 14.8. The van der Waals surface area contributed by atoms with E-state index in [2.05, 4.69) is 13.0 Å². The van der Waals surface area contributed by atoms with Gasteiger partial charge in [0, 0.05) is 17.3 Å². The first-order chi connectivity index (χ1) is 10.1. The number of hydrogen-bond acceptors (Lipinski definition) is 2. The molecular weight excluding hydrogens is 262 g/mol. The van der Waals surface area contributed by atoms with Crippen molar-refractivity contribution in [2.45, 2.75) is 26.3 Å². The number of para-hydroxylation sites is 1. The lowest BCUT2D eigenvalue weighted by molar-refractivity contribution is 0.0981. The van der Waals surface area contributed by atoms with E-state index in [1.807, 2.05) is 48.2 Å². The zero-order valence-electron chi connectivity index (χ0n) is 12.6. The highest BCUT2D eigenvalue weighted by Gasteiger charge is 2.31. The molecule has 3 nitrogen and oxygen atoms in total. The minimum atomic E-state index is 0.0539. The molecule has 108 valence electrons. The van der Waals surface area contributed by atoms with Crippen LogP contribution in [0.1, 0.15) is 28.4 Å². The smallest absolute Gasteiger partial charge is 0.258 e. The third kappa shape index (κ3) is 2.29. The van der Waals surface area contributed by atoms with Crippen LogP contribution in [-0.2, 0) is 6.42 Å². The number of hydrogen-bond donors (Lipinski definition) is 0. The number of nitrogens with zero attached hydrogens (tertiary/aromatic N) is 1. The molecular formula is C18H19NO2. The van der Waals surface area contributed by atoms with Crippen molar-refractivity contribution in [2.75, 3.05) is 12.0 Å². The number of carbonyl (C=O) groups is 1. The largest absolute Gasteiger partial charge is 0.496 e. The monoisotopic (exact) mass is 281 g/mol. The van der Waals surface area contributed by atoms with E-state index >= 15 is 0 Å². The van der Waals surface area contributed by atoms with Crippen molar-refractivity contribution in [1.29, 1.82) is 0 Å². The predicted octanol–water partition coefficient (Wildman–Crippen LogP) is 3.60. The summed E-state index contributed by atoms with van der Waals surface area (Å²) >= 11 is 0. The standard InChI is InChI=1S/C18H19NO2/c1-12-10-15(8-9-17(12)21-3)18(20)19-13(2)11-14-6-4-5-7-16(14)19/h4-10,13H,11H2,1-3H3/t13-/m1/s1. The first kappa shape index (κ1) is 13.7. The van der Waals surface area contributed by atoms with Crippen LogP contribution in [0, 0.1) is 6.92 Å². The number of amides is 1. The van der Waals surface area contributed by atoms with E-state index in [9.17, 15) is 4.79 Å². The molecule has 3 rings (SSSR count). The Labute approximate surface area is 125 Å². The highest BCUT2D eigenvalue weighted by Crippen LogP contribution is 2.33. The fourth-order valence-corrected chi connectivity index (χ4v) is 3.03. The van der Waals surface area contributed by atoms with Gasteiger partial charge in [-0.2, -0.15) is 0 Å². The average Bonchev–Trinajstić information content (AvgIpc) is 2.82. The van der Waals surface area contributed by atoms with Crippen LogP contribution in [0.15, 0.2) is 42.5 Å². The topological polar surface area (TPSA) is 29.5 Å². The van der Waals surface area contributed by atoms with Gasteiger partial charge in [0.1, 0.15) is 5.75 Å². The van der Waals surface area contributed by atoms with Gasteiger partial charge in [0.25, 0.3) is 5.91 Å². The summed E-state index contributed by atoms with van der Waals surface area (Å²) in [6.45, 7) is 4.05. The van der Waals surface area contributed by atoms with Gasteiger partial charge in [-0.05, 0) is 55.7 Å². The van der Waals surface area contributed by atoms with Gasteiger partial charge in [-0.15, -0.1) is 0 Å². The van der Waals surface area contributed by atoms with E-state index in [1.54, 1.807) is 7.11 Å². The lowest BCUT2D eigenvalue weighted by Crippen LogP contribution is -2.35. The van der Waals surface area contributed by atoms with Crippen LogP contribution in [0.4, 0.5) is 5.69 Å². The Bertz CT molecular complexity index is 693. The minimum Gasteiger partial charge on any atom is -0.496 e. The maximum absolute atomic E-state index is 12.9. The van der Waals surface area contributed by atoms with E-state index in [0.717, 1.165) is 23.4 Å². The second-order valence-corrected chi connectivity index (χ2v) is 5.54. The molecule has 0 N–H and O–H groups in total. The molecule has 3 heteroatoms. The summed E-state index contributed by atoms with van der Waals surface area (Å²) in [5.74, 6) is 0.861. The number of fused-ring (bicyclic) bond motifs is 1. The molecule has 1 amide bonds.